The van der Waals surface area contributed by atoms with Crippen molar-refractivity contribution in [1.29, 1.82) is 0 Å². The van der Waals surface area contributed by atoms with E-state index in [4.69, 9.17) is 23.2 Å². The molecule has 4 rings (SSSR count). The van der Waals surface area contributed by atoms with Crippen LogP contribution in [-0.4, -0.2) is 21.7 Å². The van der Waals surface area contributed by atoms with Crippen molar-refractivity contribution in [2.75, 3.05) is 5.32 Å². The van der Waals surface area contributed by atoms with Crippen LogP contribution in [0.1, 0.15) is 62.7 Å². The molecule has 1 atom stereocenters. The lowest BCUT2D eigenvalue weighted by atomic mass is 9.94. The number of nitrogens with zero attached hydrogens (tertiary/aromatic N) is 2. The number of anilines is 1. The number of allylic oxidation sites excluding steroid dienone is 1. The molecule has 1 aliphatic heterocycles. The quantitative estimate of drug-likeness (QED) is 0.497. The van der Waals surface area contributed by atoms with E-state index in [0.29, 0.717) is 21.9 Å². The topological polar surface area (TPSA) is 59.0 Å². The third-order valence-electron chi connectivity index (χ3n) is 5.96. The van der Waals surface area contributed by atoms with E-state index in [0.717, 1.165) is 44.6 Å². The summed E-state index contributed by atoms with van der Waals surface area (Å²) in [6.07, 6.45) is 1.50. The molecule has 2 aromatic rings. The summed E-state index contributed by atoms with van der Waals surface area (Å²) in [5.74, 6) is -0.176. The minimum atomic E-state index is -4.62. The maximum absolute atomic E-state index is 13.4. The number of amides is 1. The summed E-state index contributed by atoms with van der Waals surface area (Å²) in [4.78, 5) is 13.4. The van der Waals surface area contributed by atoms with Gasteiger partial charge in [-0.3, -0.25) is 4.79 Å². The van der Waals surface area contributed by atoms with Crippen LogP contribution in [0.5, 0.6) is 0 Å². The van der Waals surface area contributed by atoms with Gasteiger partial charge in [0.2, 0.25) is 0 Å². The lowest BCUT2D eigenvalue weighted by molar-refractivity contribution is -0.141. The van der Waals surface area contributed by atoms with E-state index >= 15 is 0 Å². The molecule has 2 heterocycles. The maximum atomic E-state index is 13.4. The molecule has 1 fully saturated rings. The molecule has 0 saturated heterocycles. The van der Waals surface area contributed by atoms with Gasteiger partial charge in [0, 0.05) is 17.8 Å². The molecule has 1 unspecified atom stereocenters. The van der Waals surface area contributed by atoms with Crippen LogP contribution in [0.25, 0.3) is 0 Å². The van der Waals surface area contributed by atoms with Crippen molar-refractivity contribution in [1.82, 2.24) is 15.1 Å². The van der Waals surface area contributed by atoms with Crippen molar-refractivity contribution < 1.29 is 18.0 Å². The van der Waals surface area contributed by atoms with Crippen LogP contribution in [0.15, 0.2) is 35.5 Å². The van der Waals surface area contributed by atoms with Crippen LogP contribution in [-0.2, 0) is 11.0 Å². The molecule has 0 bridgehead atoms. The highest BCUT2D eigenvalue weighted by Crippen LogP contribution is 2.40. The second-order valence-electron chi connectivity index (χ2n) is 8.26. The van der Waals surface area contributed by atoms with Gasteiger partial charge >= 0.3 is 6.18 Å². The average Bonchev–Trinajstić information content (AvgIpc) is 2.99. The van der Waals surface area contributed by atoms with Crippen molar-refractivity contribution in [3.05, 3.63) is 56.8 Å². The van der Waals surface area contributed by atoms with E-state index in [1.165, 1.54) is 4.68 Å². The predicted molar refractivity (Wildman–Crippen MR) is 118 cm³/mol. The zero-order valence-electron chi connectivity index (χ0n) is 17.4. The van der Waals surface area contributed by atoms with Crippen LogP contribution in [0.3, 0.4) is 0 Å². The fraction of sp³-hybridized carbons (Fsp3) is 0.455. The average molecular weight is 487 g/mol. The Bertz CT molecular complexity index is 1060. The first-order chi connectivity index (χ1) is 15.1. The molecule has 172 valence electrons. The van der Waals surface area contributed by atoms with Crippen molar-refractivity contribution in [3.8, 4) is 0 Å². The first-order valence-electron chi connectivity index (χ1n) is 10.6. The summed E-state index contributed by atoms with van der Waals surface area (Å²) < 4.78 is 41.4. The number of carbonyl (C=O) groups is 1. The van der Waals surface area contributed by atoms with Gasteiger partial charge in [-0.2, -0.15) is 18.3 Å². The van der Waals surface area contributed by atoms with Gasteiger partial charge in [-0.1, -0.05) is 55.0 Å². The molecule has 1 amide bonds. The van der Waals surface area contributed by atoms with E-state index < -0.39 is 17.9 Å². The van der Waals surface area contributed by atoms with Gasteiger partial charge in [-0.25, -0.2) is 4.68 Å². The van der Waals surface area contributed by atoms with Crippen LogP contribution in [0.2, 0.25) is 10.0 Å². The Morgan fingerprint density at radius 2 is 1.81 bits per heavy atom. The monoisotopic (exact) mass is 486 g/mol. The summed E-state index contributed by atoms with van der Waals surface area (Å²) in [6.45, 7) is 1.68. The molecule has 1 aromatic carbocycles. The van der Waals surface area contributed by atoms with Gasteiger partial charge in [-0.05, 0) is 37.5 Å². The van der Waals surface area contributed by atoms with E-state index in [1.807, 2.05) is 0 Å². The van der Waals surface area contributed by atoms with Crippen molar-refractivity contribution >= 4 is 34.9 Å². The second kappa shape index (κ2) is 8.98. The first-order valence-corrected chi connectivity index (χ1v) is 11.3. The highest BCUT2D eigenvalue weighted by atomic mass is 35.5. The van der Waals surface area contributed by atoms with Crippen LogP contribution in [0, 0.1) is 0 Å². The van der Waals surface area contributed by atoms with E-state index in [9.17, 15) is 18.0 Å². The number of carbonyl (C=O) groups excluding carboxylic acids is 1. The summed E-state index contributed by atoms with van der Waals surface area (Å²) in [5, 5.41) is 10.4. The van der Waals surface area contributed by atoms with Gasteiger partial charge in [0.15, 0.2) is 5.69 Å². The zero-order valence-corrected chi connectivity index (χ0v) is 18.9. The Morgan fingerprint density at radius 1 is 1.12 bits per heavy atom. The molecule has 10 heteroatoms. The zero-order chi connectivity index (χ0) is 23.0. The smallest absolute Gasteiger partial charge is 0.349 e. The number of hydrogen-bond donors (Lipinski definition) is 2. The number of halogens is 5. The molecule has 1 aliphatic carbocycles. The Morgan fingerprint density at radius 3 is 2.44 bits per heavy atom. The number of hydrogen-bond acceptors (Lipinski definition) is 3. The SMILES string of the molecule is CC1=C(C(=O)NC2CCCCCC2)C(c2ccc(Cl)c(Cl)c2)n2nc(C(F)(F)F)cc2N1. The number of aromatic nitrogens is 2. The van der Waals surface area contributed by atoms with Crippen molar-refractivity contribution in [3.63, 3.8) is 0 Å². The Balaban J connectivity index is 1.76. The maximum Gasteiger partial charge on any atom is 0.435 e. The van der Waals surface area contributed by atoms with Crippen molar-refractivity contribution in [2.24, 2.45) is 0 Å². The Labute approximate surface area is 194 Å². The molecule has 2 N–H and O–H groups in total. The van der Waals surface area contributed by atoms with Gasteiger partial charge < -0.3 is 10.6 Å². The largest absolute Gasteiger partial charge is 0.435 e. The standard InChI is InChI=1S/C22H23Cl2F3N4O/c1-12-19(21(32)29-14-6-4-2-3-5-7-14)20(13-8-9-15(23)16(24)10-13)31-18(28-12)11-17(30-31)22(25,26)27/h8-11,14,20,28H,2-7H2,1H3,(H,29,32). The fourth-order valence-electron chi connectivity index (χ4n) is 4.38. The van der Waals surface area contributed by atoms with Gasteiger partial charge in [0.1, 0.15) is 11.9 Å². The molecule has 0 spiro atoms. The summed E-state index contributed by atoms with van der Waals surface area (Å²) in [7, 11) is 0. The normalized spacial score (nSPS) is 19.9. The highest BCUT2D eigenvalue weighted by Gasteiger charge is 2.40. The number of nitrogens with one attached hydrogen (secondary N) is 2. The summed E-state index contributed by atoms with van der Waals surface area (Å²) in [5.41, 5.74) is 0.248. The predicted octanol–water partition coefficient (Wildman–Crippen LogP) is 6.34. The number of rotatable bonds is 3. The van der Waals surface area contributed by atoms with Crippen LogP contribution in [0.4, 0.5) is 19.0 Å². The number of alkyl halides is 3. The highest BCUT2D eigenvalue weighted by molar-refractivity contribution is 6.42. The van der Waals surface area contributed by atoms with Gasteiger partial charge in [-0.15, -0.1) is 0 Å². The minimum Gasteiger partial charge on any atom is -0.349 e. The number of fused-ring (bicyclic) bond motifs is 1. The fourth-order valence-corrected chi connectivity index (χ4v) is 4.69. The molecular formula is C22H23Cl2F3N4O. The van der Waals surface area contributed by atoms with Crippen LogP contribution < -0.4 is 10.6 Å². The van der Waals surface area contributed by atoms with E-state index in [1.54, 1.807) is 25.1 Å². The summed E-state index contributed by atoms with van der Waals surface area (Å²) in [6, 6.07) is 4.85. The van der Waals surface area contributed by atoms with E-state index in [-0.39, 0.29) is 22.8 Å². The molecule has 1 aromatic heterocycles. The van der Waals surface area contributed by atoms with Crippen LogP contribution >= 0.6 is 23.2 Å². The molecular weight excluding hydrogens is 464 g/mol. The third-order valence-corrected chi connectivity index (χ3v) is 6.70. The van der Waals surface area contributed by atoms with Gasteiger partial charge in [0.25, 0.3) is 5.91 Å². The lowest BCUT2D eigenvalue weighted by Crippen LogP contribution is -2.40. The lowest BCUT2D eigenvalue weighted by Gasteiger charge is -2.31. The number of benzene rings is 1. The Kier molecular flexibility index (Phi) is 6.45. The minimum absolute atomic E-state index is 0.0320. The molecule has 1 saturated carbocycles. The summed E-state index contributed by atoms with van der Waals surface area (Å²) >= 11 is 12.3. The molecule has 0 radical (unpaired) electrons. The first kappa shape index (κ1) is 23.0. The Hall–Kier alpha value is -2.19. The third kappa shape index (κ3) is 4.62. The van der Waals surface area contributed by atoms with Gasteiger partial charge in [0.05, 0.1) is 15.6 Å². The van der Waals surface area contributed by atoms with Crippen molar-refractivity contribution in [2.45, 2.75) is 63.7 Å². The second-order valence-corrected chi connectivity index (χ2v) is 9.07. The van der Waals surface area contributed by atoms with E-state index in [2.05, 4.69) is 15.7 Å². The molecule has 5 nitrogen and oxygen atoms in total. The molecule has 32 heavy (non-hydrogen) atoms. The molecule has 2 aliphatic rings.